The van der Waals surface area contributed by atoms with Crippen molar-refractivity contribution in [3.63, 3.8) is 0 Å². The van der Waals surface area contributed by atoms with Gasteiger partial charge in [-0.05, 0) is 26.3 Å². The molecule has 1 rings (SSSR count). The van der Waals surface area contributed by atoms with E-state index in [0.29, 0.717) is 5.01 Å². The highest BCUT2D eigenvalue weighted by atomic mass is 32.1. The third-order valence-electron chi connectivity index (χ3n) is 2.51. The van der Waals surface area contributed by atoms with Crippen LogP contribution in [0.15, 0.2) is 33.7 Å². The van der Waals surface area contributed by atoms with Gasteiger partial charge in [-0.15, -0.1) is 11.3 Å². The van der Waals surface area contributed by atoms with Crippen LogP contribution in [0.4, 0.5) is 17.6 Å². The minimum atomic E-state index is -4.91. The summed E-state index contributed by atoms with van der Waals surface area (Å²) in [6.45, 7) is 4.78. The van der Waals surface area contributed by atoms with Gasteiger partial charge in [-0.3, -0.25) is 0 Å². The fourth-order valence-electron chi connectivity index (χ4n) is 1.56. The Labute approximate surface area is 130 Å². The molecule has 0 atom stereocenters. The first-order chi connectivity index (χ1) is 10.2. The van der Waals surface area contributed by atoms with Gasteiger partial charge in [0.1, 0.15) is 10.8 Å². The Balaban J connectivity index is 3.42. The molecule has 22 heavy (non-hydrogen) atoms. The predicted octanol–water partition coefficient (Wildman–Crippen LogP) is 4.94. The third-order valence-corrected chi connectivity index (χ3v) is 3.58. The molecule has 3 nitrogen and oxygen atoms in total. The molecule has 1 aromatic rings. The molecule has 0 aliphatic rings. The van der Waals surface area contributed by atoms with Gasteiger partial charge in [-0.2, -0.15) is 13.2 Å². The van der Waals surface area contributed by atoms with E-state index in [-0.39, 0.29) is 12.1 Å². The Hall–Kier alpha value is -1.70. The van der Waals surface area contributed by atoms with E-state index < -0.39 is 23.5 Å². The quantitative estimate of drug-likeness (QED) is 0.330. The number of rotatable bonds is 5. The highest BCUT2D eigenvalue weighted by Gasteiger charge is 2.40. The Morgan fingerprint density at radius 2 is 2.09 bits per heavy atom. The van der Waals surface area contributed by atoms with Crippen LogP contribution in [0.5, 0.6) is 0 Å². The summed E-state index contributed by atoms with van der Waals surface area (Å²) >= 11 is 1.24. The maximum atomic E-state index is 13.8. The molecule has 0 unspecified atom stereocenters. The monoisotopic (exact) mass is 336 g/mol. The molecular weight excluding hydrogens is 320 g/mol. The van der Waals surface area contributed by atoms with E-state index in [4.69, 9.17) is 0 Å². The van der Waals surface area contributed by atoms with Gasteiger partial charge in [0.05, 0.1) is 12.8 Å². The number of allylic oxidation sites excluding steroid dienone is 3. The standard InChI is InChI=1S/C14H16F4N2OS/c1-5-6-10(15)11(14(16,17)18)12(21-4)20-9(3)13-19-8(2)7-22-13/h6-7H,5H2,1-4H3/b10-6-,12-11-,20-9+. The number of halogens is 4. The van der Waals surface area contributed by atoms with Gasteiger partial charge < -0.3 is 4.74 Å². The lowest BCUT2D eigenvalue weighted by Gasteiger charge is -2.13. The van der Waals surface area contributed by atoms with Crippen LogP contribution in [-0.4, -0.2) is 24.0 Å². The zero-order valence-corrected chi connectivity index (χ0v) is 13.4. The van der Waals surface area contributed by atoms with Crippen LogP contribution in [0.1, 0.15) is 31.0 Å². The molecule has 8 heteroatoms. The molecule has 0 amide bonds. The normalized spacial score (nSPS) is 14.9. The van der Waals surface area contributed by atoms with E-state index in [0.717, 1.165) is 18.9 Å². The number of ether oxygens (including phenoxy) is 1. The van der Waals surface area contributed by atoms with Crippen LogP contribution in [0.2, 0.25) is 0 Å². The zero-order chi connectivity index (χ0) is 16.9. The molecule has 0 aliphatic heterocycles. The molecule has 0 bridgehead atoms. The van der Waals surface area contributed by atoms with Crippen molar-refractivity contribution in [3.8, 4) is 0 Å². The first-order valence-corrected chi connectivity index (χ1v) is 7.27. The molecular formula is C14H16F4N2OS. The van der Waals surface area contributed by atoms with Gasteiger partial charge in [0, 0.05) is 11.1 Å². The molecule has 1 heterocycles. The highest BCUT2D eigenvalue weighted by molar-refractivity contribution is 7.11. The van der Waals surface area contributed by atoms with Gasteiger partial charge in [0.25, 0.3) is 0 Å². The van der Waals surface area contributed by atoms with E-state index in [2.05, 4.69) is 14.7 Å². The minimum absolute atomic E-state index is 0.122. The molecule has 0 aliphatic carbocycles. The number of alkyl halides is 3. The number of thiazole rings is 1. The number of aryl methyl sites for hydroxylation is 1. The van der Waals surface area contributed by atoms with Crippen molar-refractivity contribution >= 4 is 17.0 Å². The molecule has 0 spiro atoms. The SMILES string of the molecule is CC/C=C(F)/C(=C(\N=C(/C)c1nc(C)cs1)OC)C(F)(F)F. The number of hydrogen-bond donors (Lipinski definition) is 0. The van der Waals surface area contributed by atoms with Gasteiger partial charge in [0.2, 0.25) is 5.88 Å². The largest absolute Gasteiger partial charge is 0.480 e. The van der Waals surface area contributed by atoms with Gasteiger partial charge in [-0.1, -0.05) is 6.92 Å². The first-order valence-electron chi connectivity index (χ1n) is 6.40. The average molecular weight is 336 g/mol. The van der Waals surface area contributed by atoms with E-state index >= 15 is 0 Å². The molecule has 0 fully saturated rings. The first kappa shape index (κ1) is 18.3. The number of aromatic nitrogens is 1. The van der Waals surface area contributed by atoms with Crippen molar-refractivity contribution in [1.82, 2.24) is 4.98 Å². The molecule has 0 aromatic carbocycles. The molecule has 0 radical (unpaired) electrons. The summed E-state index contributed by atoms with van der Waals surface area (Å²) in [7, 11) is 1.02. The molecule has 0 saturated heterocycles. The second-order valence-corrected chi connectivity index (χ2v) is 5.19. The van der Waals surface area contributed by atoms with Crippen molar-refractivity contribution in [2.24, 2.45) is 4.99 Å². The summed E-state index contributed by atoms with van der Waals surface area (Å²) in [5.41, 5.74) is -0.573. The van der Waals surface area contributed by atoms with Gasteiger partial charge in [0.15, 0.2) is 5.57 Å². The van der Waals surface area contributed by atoms with E-state index in [1.54, 1.807) is 12.3 Å². The van der Waals surface area contributed by atoms with Crippen LogP contribution in [0.3, 0.4) is 0 Å². The molecule has 0 saturated carbocycles. The Bertz CT molecular complexity index is 615. The predicted molar refractivity (Wildman–Crippen MR) is 78.6 cm³/mol. The topological polar surface area (TPSA) is 34.5 Å². The molecule has 122 valence electrons. The van der Waals surface area contributed by atoms with E-state index in [9.17, 15) is 17.6 Å². The van der Waals surface area contributed by atoms with Crippen LogP contribution < -0.4 is 0 Å². The summed E-state index contributed by atoms with van der Waals surface area (Å²) in [6.07, 6.45) is -3.96. The van der Waals surface area contributed by atoms with Crippen molar-refractivity contribution in [1.29, 1.82) is 0 Å². The third kappa shape index (κ3) is 4.66. The minimum Gasteiger partial charge on any atom is -0.480 e. The van der Waals surface area contributed by atoms with Crippen LogP contribution in [-0.2, 0) is 4.74 Å². The zero-order valence-electron chi connectivity index (χ0n) is 12.6. The molecule has 0 N–H and O–H groups in total. The summed E-state index contributed by atoms with van der Waals surface area (Å²) in [5, 5.41) is 2.20. The number of hydrogen-bond acceptors (Lipinski definition) is 4. The lowest BCUT2D eigenvalue weighted by Crippen LogP contribution is -2.16. The van der Waals surface area contributed by atoms with Gasteiger partial charge >= 0.3 is 6.18 Å². The van der Waals surface area contributed by atoms with Crippen molar-refractivity contribution in [2.75, 3.05) is 7.11 Å². The Morgan fingerprint density at radius 3 is 2.50 bits per heavy atom. The summed E-state index contributed by atoms with van der Waals surface area (Å²) < 4.78 is 57.7. The summed E-state index contributed by atoms with van der Waals surface area (Å²) in [5.74, 6) is -2.22. The lowest BCUT2D eigenvalue weighted by atomic mass is 10.2. The fourth-order valence-corrected chi connectivity index (χ4v) is 2.31. The van der Waals surface area contributed by atoms with Crippen LogP contribution >= 0.6 is 11.3 Å². The van der Waals surface area contributed by atoms with Crippen molar-refractivity contribution in [3.05, 3.63) is 39.4 Å². The number of methoxy groups -OCH3 is 1. The molecule has 1 aromatic heterocycles. The van der Waals surface area contributed by atoms with Crippen molar-refractivity contribution in [2.45, 2.75) is 33.4 Å². The van der Waals surface area contributed by atoms with Crippen molar-refractivity contribution < 1.29 is 22.3 Å². The van der Waals surface area contributed by atoms with Crippen LogP contribution in [0.25, 0.3) is 0 Å². The Morgan fingerprint density at radius 1 is 1.45 bits per heavy atom. The maximum Gasteiger partial charge on any atom is 0.424 e. The Kier molecular flexibility index (Phi) is 6.28. The highest BCUT2D eigenvalue weighted by Crippen LogP contribution is 2.35. The van der Waals surface area contributed by atoms with E-state index in [1.807, 2.05) is 0 Å². The second kappa shape index (κ2) is 7.53. The summed E-state index contributed by atoms with van der Waals surface area (Å²) in [4.78, 5) is 7.89. The average Bonchev–Trinajstić information content (AvgIpc) is 2.83. The fraction of sp³-hybridized carbons (Fsp3) is 0.429. The summed E-state index contributed by atoms with van der Waals surface area (Å²) in [6, 6.07) is 0. The number of aliphatic imine (C=N–C) groups is 1. The van der Waals surface area contributed by atoms with E-state index in [1.165, 1.54) is 25.2 Å². The maximum absolute atomic E-state index is 13.8. The smallest absolute Gasteiger partial charge is 0.424 e. The van der Waals surface area contributed by atoms with Gasteiger partial charge in [-0.25, -0.2) is 14.4 Å². The van der Waals surface area contributed by atoms with Crippen LogP contribution in [0, 0.1) is 6.92 Å². The second-order valence-electron chi connectivity index (χ2n) is 4.33. The lowest BCUT2D eigenvalue weighted by molar-refractivity contribution is -0.0944. The number of nitrogens with zero attached hydrogens (tertiary/aromatic N) is 2.